The fourth-order valence-corrected chi connectivity index (χ4v) is 1.85. The van der Waals surface area contributed by atoms with Crippen molar-refractivity contribution in [2.24, 2.45) is 5.92 Å². The third-order valence-corrected chi connectivity index (χ3v) is 3.27. The number of hydrogen-bond acceptors (Lipinski definition) is 5. The molecule has 5 heteroatoms. The van der Waals surface area contributed by atoms with Crippen molar-refractivity contribution < 1.29 is 25.2 Å². The number of aliphatic hydroxyl groups is 4. The van der Waals surface area contributed by atoms with Crippen LogP contribution < -0.4 is 0 Å². The van der Waals surface area contributed by atoms with E-state index in [0.717, 1.165) is 12.8 Å². The molecule has 0 saturated heterocycles. The van der Waals surface area contributed by atoms with E-state index in [-0.39, 0.29) is 12.8 Å². The lowest BCUT2D eigenvalue weighted by Crippen LogP contribution is -2.47. The average molecular weight is 276 g/mol. The van der Waals surface area contributed by atoms with Crippen LogP contribution in [0.1, 0.15) is 52.9 Å². The summed E-state index contributed by atoms with van der Waals surface area (Å²) < 4.78 is 0. The van der Waals surface area contributed by atoms with Gasteiger partial charge in [-0.2, -0.15) is 0 Å². The van der Waals surface area contributed by atoms with Crippen molar-refractivity contribution >= 4 is 5.78 Å². The molecule has 5 nitrogen and oxygen atoms in total. The minimum absolute atomic E-state index is 0.180. The predicted molar refractivity (Wildman–Crippen MR) is 72.6 cm³/mol. The van der Waals surface area contributed by atoms with Crippen LogP contribution in [0, 0.1) is 5.92 Å². The summed E-state index contributed by atoms with van der Waals surface area (Å²) in [5.74, 6) is 0.0887. The Labute approximate surface area is 115 Å². The Morgan fingerprint density at radius 3 is 2.05 bits per heavy atom. The first-order chi connectivity index (χ1) is 8.81. The molecule has 0 aromatic heterocycles. The van der Waals surface area contributed by atoms with Gasteiger partial charge in [-0.3, -0.25) is 4.79 Å². The molecule has 4 N–H and O–H groups in total. The summed E-state index contributed by atoms with van der Waals surface area (Å²) in [4.78, 5) is 11.6. The maximum absolute atomic E-state index is 11.6. The largest absolute Gasteiger partial charge is 0.390 e. The Bertz CT molecular complexity index is 254. The van der Waals surface area contributed by atoms with Crippen LogP contribution in [0.5, 0.6) is 0 Å². The third kappa shape index (κ3) is 7.01. The SMILES string of the molecule is CC[C@@H](O)[C@@H](O)[C@H](O)[C@@H](O)C(=O)CCCCC(C)C. The van der Waals surface area contributed by atoms with E-state index >= 15 is 0 Å². The van der Waals surface area contributed by atoms with E-state index in [4.69, 9.17) is 0 Å². The van der Waals surface area contributed by atoms with Gasteiger partial charge in [0.2, 0.25) is 0 Å². The summed E-state index contributed by atoms with van der Waals surface area (Å²) in [5.41, 5.74) is 0. The van der Waals surface area contributed by atoms with Crippen LogP contribution >= 0.6 is 0 Å². The van der Waals surface area contributed by atoms with Gasteiger partial charge in [-0.25, -0.2) is 0 Å². The van der Waals surface area contributed by atoms with Gasteiger partial charge in [0, 0.05) is 6.42 Å². The maximum atomic E-state index is 11.6. The van der Waals surface area contributed by atoms with E-state index in [1.807, 2.05) is 0 Å². The first-order valence-corrected chi connectivity index (χ1v) is 7.06. The molecule has 114 valence electrons. The molecule has 4 atom stereocenters. The summed E-state index contributed by atoms with van der Waals surface area (Å²) in [6.07, 6.45) is -2.91. The first-order valence-electron chi connectivity index (χ1n) is 7.06. The lowest BCUT2D eigenvalue weighted by atomic mass is 9.96. The predicted octanol–water partition coefficient (Wildman–Crippen LogP) is 0.625. The summed E-state index contributed by atoms with van der Waals surface area (Å²) in [6.45, 7) is 5.84. The summed E-state index contributed by atoms with van der Waals surface area (Å²) in [7, 11) is 0. The minimum atomic E-state index is -1.63. The molecular weight excluding hydrogens is 248 g/mol. The topological polar surface area (TPSA) is 98.0 Å². The highest BCUT2D eigenvalue weighted by Crippen LogP contribution is 2.13. The van der Waals surface area contributed by atoms with Gasteiger partial charge in [-0.05, 0) is 18.8 Å². The van der Waals surface area contributed by atoms with Crippen LogP contribution in [-0.2, 0) is 4.79 Å². The number of rotatable bonds is 10. The van der Waals surface area contributed by atoms with E-state index in [1.54, 1.807) is 6.92 Å². The Morgan fingerprint density at radius 2 is 1.58 bits per heavy atom. The molecule has 0 fully saturated rings. The number of carbonyl (C=O) groups is 1. The number of hydrogen-bond donors (Lipinski definition) is 4. The number of Topliss-reactive ketones (excluding diaryl/α,β-unsaturated/α-hetero) is 1. The normalized spacial score (nSPS) is 18.1. The van der Waals surface area contributed by atoms with E-state index in [0.29, 0.717) is 12.3 Å². The standard InChI is InChI=1S/C14H28O5/c1-4-10(15)12(17)14(19)13(18)11(16)8-6-5-7-9(2)3/h9-10,12-15,17-19H,4-8H2,1-3H3/t10-,12-,13+,14+/m1/s1. The number of carbonyl (C=O) groups excluding carboxylic acids is 1. The van der Waals surface area contributed by atoms with Crippen molar-refractivity contribution in [2.75, 3.05) is 0 Å². The van der Waals surface area contributed by atoms with Crippen molar-refractivity contribution in [2.45, 2.75) is 77.3 Å². The van der Waals surface area contributed by atoms with Gasteiger partial charge in [0.25, 0.3) is 0 Å². The van der Waals surface area contributed by atoms with E-state index in [9.17, 15) is 25.2 Å². The zero-order valence-electron chi connectivity index (χ0n) is 12.1. The second-order valence-electron chi connectivity index (χ2n) is 5.51. The third-order valence-electron chi connectivity index (χ3n) is 3.27. The number of unbranched alkanes of at least 4 members (excludes halogenated alkanes) is 1. The highest BCUT2D eigenvalue weighted by Gasteiger charge is 2.33. The van der Waals surface area contributed by atoms with Crippen molar-refractivity contribution in [1.29, 1.82) is 0 Å². The van der Waals surface area contributed by atoms with Gasteiger partial charge in [0.15, 0.2) is 5.78 Å². The molecule has 0 spiro atoms. The van der Waals surface area contributed by atoms with Crippen LogP contribution in [0.4, 0.5) is 0 Å². The second-order valence-corrected chi connectivity index (χ2v) is 5.51. The maximum Gasteiger partial charge on any atom is 0.164 e. The number of aliphatic hydroxyl groups excluding tert-OH is 4. The zero-order chi connectivity index (χ0) is 15.0. The van der Waals surface area contributed by atoms with E-state index in [1.165, 1.54) is 0 Å². The molecule has 0 unspecified atom stereocenters. The molecule has 0 aromatic rings. The van der Waals surface area contributed by atoms with Gasteiger partial charge in [-0.1, -0.05) is 33.6 Å². The molecule has 0 aliphatic rings. The summed E-state index contributed by atoms with van der Waals surface area (Å²) in [6, 6.07) is 0. The molecule has 19 heavy (non-hydrogen) atoms. The molecule has 0 amide bonds. The highest BCUT2D eigenvalue weighted by atomic mass is 16.4. The van der Waals surface area contributed by atoms with Crippen LogP contribution in [0.15, 0.2) is 0 Å². The lowest BCUT2D eigenvalue weighted by molar-refractivity contribution is -0.145. The lowest BCUT2D eigenvalue weighted by Gasteiger charge is -2.25. The molecular formula is C14H28O5. The Hall–Kier alpha value is -0.490. The van der Waals surface area contributed by atoms with Gasteiger partial charge in [0.1, 0.15) is 18.3 Å². The molecule has 0 rings (SSSR count). The summed E-state index contributed by atoms with van der Waals surface area (Å²) in [5, 5.41) is 38.2. The zero-order valence-corrected chi connectivity index (χ0v) is 12.1. The first kappa shape index (κ1) is 18.5. The number of ketones is 1. The molecule has 0 aliphatic carbocycles. The van der Waals surface area contributed by atoms with Gasteiger partial charge < -0.3 is 20.4 Å². The molecule has 0 radical (unpaired) electrons. The Balaban J connectivity index is 4.10. The monoisotopic (exact) mass is 276 g/mol. The van der Waals surface area contributed by atoms with E-state index in [2.05, 4.69) is 13.8 Å². The fraction of sp³-hybridized carbons (Fsp3) is 0.929. The smallest absolute Gasteiger partial charge is 0.164 e. The Morgan fingerprint density at radius 1 is 1.00 bits per heavy atom. The summed E-state index contributed by atoms with van der Waals surface area (Å²) >= 11 is 0. The van der Waals surface area contributed by atoms with Crippen molar-refractivity contribution in [3.8, 4) is 0 Å². The molecule has 0 bridgehead atoms. The van der Waals surface area contributed by atoms with Gasteiger partial charge >= 0.3 is 0 Å². The van der Waals surface area contributed by atoms with Gasteiger partial charge in [-0.15, -0.1) is 0 Å². The van der Waals surface area contributed by atoms with Crippen molar-refractivity contribution in [1.82, 2.24) is 0 Å². The molecule has 0 aromatic carbocycles. The van der Waals surface area contributed by atoms with Crippen LogP contribution in [0.3, 0.4) is 0 Å². The van der Waals surface area contributed by atoms with Crippen LogP contribution in [-0.4, -0.2) is 50.6 Å². The second kappa shape index (κ2) is 9.42. The highest BCUT2D eigenvalue weighted by molar-refractivity contribution is 5.83. The van der Waals surface area contributed by atoms with Crippen molar-refractivity contribution in [3.63, 3.8) is 0 Å². The van der Waals surface area contributed by atoms with Crippen LogP contribution in [0.25, 0.3) is 0 Å². The quantitative estimate of drug-likeness (QED) is 0.439. The van der Waals surface area contributed by atoms with Crippen LogP contribution in [0.2, 0.25) is 0 Å². The minimum Gasteiger partial charge on any atom is -0.390 e. The molecule has 0 saturated carbocycles. The van der Waals surface area contributed by atoms with Gasteiger partial charge in [0.05, 0.1) is 6.10 Å². The Kier molecular flexibility index (Phi) is 9.18. The average Bonchev–Trinajstić information content (AvgIpc) is 2.39. The van der Waals surface area contributed by atoms with Crippen molar-refractivity contribution in [3.05, 3.63) is 0 Å². The van der Waals surface area contributed by atoms with E-state index < -0.39 is 30.2 Å². The molecule has 0 heterocycles. The fourth-order valence-electron chi connectivity index (χ4n) is 1.85. The molecule has 0 aliphatic heterocycles.